The molecule has 5 nitrogen and oxygen atoms in total. The molecule has 0 aliphatic carbocycles. The molecule has 3 aromatic rings. The van der Waals surface area contributed by atoms with Gasteiger partial charge in [0.25, 0.3) is 5.91 Å². The van der Waals surface area contributed by atoms with E-state index in [-0.39, 0.29) is 5.91 Å². The third-order valence-electron chi connectivity index (χ3n) is 6.18. The second-order valence-corrected chi connectivity index (χ2v) is 10.4. The van der Waals surface area contributed by atoms with Gasteiger partial charge in [-0.1, -0.05) is 36.0 Å². The zero-order valence-electron chi connectivity index (χ0n) is 20.4. The van der Waals surface area contributed by atoms with Crippen LogP contribution in [0.4, 0.5) is 22.7 Å². The van der Waals surface area contributed by atoms with Gasteiger partial charge in [-0.25, -0.2) is 4.99 Å². The van der Waals surface area contributed by atoms with E-state index in [1.165, 1.54) is 17.4 Å². The van der Waals surface area contributed by atoms with Crippen LogP contribution in [0.25, 0.3) is 0 Å². The number of anilines is 3. The van der Waals surface area contributed by atoms with Crippen LogP contribution in [-0.4, -0.2) is 31.2 Å². The van der Waals surface area contributed by atoms with E-state index in [1.54, 1.807) is 16.7 Å². The molecule has 0 spiro atoms. The molecule has 0 bridgehead atoms. The molecular formula is C28H28N4OS2. The van der Waals surface area contributed by atoms with E-state index in [9.17, 15) is 4.79 Å². The molecule has 0 unspecified atom stereocenters. The number of aryl methyl sites for hydroxylation is 1. The molecule has 2 aliphatic heterocycles. The fraction of sp³-hybridized carbons (Fsp3) is 0.214. The van der Waals surface area contributed by atoms with Gasteiger partial charge in [0.1, 0.15) is 4.91 Å². The highest BCUT2D eigenvalue weighted by molar-refractivity contribution is 8.20. The molecule has 1 saturated heterocycles. The van der Waals surface area contributed by atoms with Crippen molar-refractivity contribution in [2.75, 3.05) is 34.8 Å². The van der Waals surface area contributed by atoms with Gasteiger partial charge in [0, 0.05) is 30.7 Å². The maximum atomic E-state index is 13.8. The van der Waals surface area contributed by atoms with E-state index in [2.05, 4.69) is 47.9 Å². The second kappa shape index (κ2) is 9.84. The molecule has 2 heterocycles. The Morgan fingerprint density at radius 2 is 1.66 bits per heavy atom. The number of aliphatic imine (C=N–C) groups is 1. The molecular weight excluding hydrogens is 472 g/mol. The van der Waals surface area contributed by atoms with Gasteiger partial charge in [-0.05, 0) is 86.6 Å². The lowest BCUT2D eigenvalue weighted by atomic mass is 10.2. The molecule has 7 heteroatoms. The standard InChI is InChI=1S/C28H28N4OS2/c1-5-31(6-2)21-16-14-20(15-17-21)29-28-32(22-11-9-10-19(3)18-22)26(33)25(35-28)27-30(4)23-12-7-8-13-24(23)34-27/h7-18H,5-6H2,1-4H3/b27-25-,29-28?. The van der Waals surface area contributed by atoms with Crippen molar-refractivity contribution in [3.05, 3.63) is 88.3 Å². The summed E-state index contributed by atoms with van der Waals surface area (Å²) in [5, 5.41) is 1.62. The smallest absolute Gasteiger partial charge is 0.274 e. The molecule has 1 fully saturated rings. The number of carbonyl (C=O) groups is 1. The van der Waals surface area contributed by atoms with Crippen molar-refractivity contribution in [1.82, 2.24) is 0 Å². The lowest BCUT2D eigenvalue weighted by Crippen LogP contribution is -2.29. The topological polar surface area (TPSA) is 39.1 Å². The van der Waals surface area contributed by atoms with Gasteiger partial charge in [-0.15, -0.1) is 0 Å². The maximum Gasteiger partial charge on any atom is 0.274 e. The number of benzene rings is 3. The number of amidine groups is 1. The summed E-state index contributed by atoms with van der Waals surface area (Å²) in [7, 11) is 2.02. The van der Waals surface area contributed by atoms with Crippen LogP contribution in [0.2, 0.25) is 0 Å². The average Bonchev–Trinajstić information content (AvgIpc) is 3.37. The van der Waals surface area contributed by atoms with Gasteiger partial charge >= 0.3 is 0 Å². The molecule has 0 aromatic heterocycles. The second-order valence-electron chi connectivity index (χ2n) is 8.43. The van der Waals surface area contributed by atoms with E-state index in [4.69, 9.17) is 4.99 Å². The molecule has 178 valence electrons. The molecule has 35 heavy (non-hydrogen) atoms. The molecule has 0 N–H and O–H groups in total. The predicted octanol–water partition coefficient (Wildman–Crippen LogP) is 7.02. The Morgan fingerprint density at radius 3 is 2.34 bits per heavy atom. The minimum Gasteiger partial charge on any atom is -0.372 e. The van der Waals surface area contributed by atoms with Gasteiger partial charge in [0.05, 0.1) is 22.1 Å². The molecule has 1 amide bonds. The first-order valence-electron chi connectivity index (χ1n) is 11.8. The van der Waals surface area contributed by atoms with E-state index in [0.29, 0.717) is 10.1 Å². The van der Waals surface area contributed by atoms with Crippen LogP contribution in [-0.2, 0) is 4.79 Å². The Hall–Kier alpha value is -3.16. The minimum atomic E-state index is -0.0405. The van der Waals surface area contributed by atoms with E-state index in [0.717, 1.165) is 45.6 Å². The van der Waals surface area contributed by atoms with Crippen molar-refractivity contribution in [2.24, 2.45) is 4.99 Å². The third kappa shape index (κ3) is 4.46. The van der Waals surface area contributed by atoms with Crippen LogP contribution >= 0.6 is 23.5 Å². The zero-order chi connectivity index (χ0) is 24.5. The van der Waals surface area contributed by atoms with Gasteiger partial charge in [-0.2, -0.15) is 0 Å². The Morgan fingerprint density at radius 1 is 0.914 bits per heavy atom. The van der Waals surface area contributed by atoms with E-state index >= 15 is 0 Å². The summed E-state index contributed by atoms with van der Waals surface area (Å²) in [6.45, 7) is 8.27. The Bertz CT molecular complexity index is 1330. The summed E-state index contributed by atoms with van der Waals surface area (Å²) in [6, 6.07) is 24.5. The zero-order valence-corrected chi connectivity index (χ0v) is 22.0. The van der Waals surface area contributed by atoms with Crippen LogP contribution in [0, 0.1) is 6.92 Å². The van der Waals surface area contributed by atoms with Crippen molar-refractivity contribution < 1.29 is 4.79 Å². The van der Waals surface area contributed by atoms with Crippen molar-refractivity contribution in [2.45, 2.75) is 25.7 Å². The summed E-state index contributed by atoms with van der Waals surface area (Å²) in [4.78, 5) is 26.8. The summed E-state index contributed by atoms with van der Waals surface area (Å²) < 4.78 is 0. The number of hydrogen-bond donors (Lipinski definition) is 0. The van der Waals surface area contributed by atoms with Crippen molar-refractivity contribution in [1.29, 1.82) is 0 Å². The van der Waals surface area contributed by atoms with Crippen molar-refractivity contribution >= 4 is 57.3 Å². The molecule has 3 aromatic carbocycles. The summed E-state index contributed by atoms with van der Waals surface area (Å²) >= 11 is 3.09. The lowest BCUT2D eigenvalue weighted by molar-refractivity contribution is -0.113. The van der Waals surface area contributed by atoms with E-state index < -0.39 is 0 Å². The van der Waals surface area contributed by atoms with Crippen LogP contribution in [0.3, 0.4) is 0 Å². The van der Waals surface area contributed by atoms with Crippen LogP contribution < -0.4 is 14.7 Å². The first kappa shape index (κ1) is 23.6. The monoisotopic (exact) mass is 500 g/mol. The van der Waals surface area contributed by atoms with Gasteiger partial charge in [0.2, 0.25) is 0 Å². The predicted molar refractivity (Wildman–Crippen MR) is 151 cm³/mol. The highest BCUT2D eigenvalue weighted by Crippen LogP contribution is 2.50. The van der Waals surface area contributed by atoms with Crippen LogP contribution in [0.5, 0.6) is 0 Å². The van der Waals surface area contributed by atoms with Gasteiger partial charge < -0.3 is 9.80 Å². The number of para-hydroxylation sites is 1. The molecule has 0 radical (unpaired) electrons. The normalized spacial score (nSPS) is 18.5. The fourth-order valence-electron chi connectivity index (χ4n) is 4.31. The molecule has 0 saturated carbocycles. The first-order valence-corrected chi connectivity index (χ1v) is 13.4. The number of nitrogens with zero attached hydrogens (tertiary/aromatic N) is 4. The minimum absolute atomic E-state index is 0.0405. The number of thioether (sulfide) groups is 2. The van der Waals surface area contributed by atoms with Gasteiger partial charge in [-0.3, -0.25) is 9.69 Å². The van der Waals surface area contributed by atoms with Crippen molar-refractivity contribution in [3.8, 4) is 0 Å². The molecule has 5 rings (SSSR count). The number of hydrogen-bond acceptors (Lipinski definition) is 6. The lowest BCUT2D eigenvalue weighted by Gasteiger charge is -2.21. The Kier molecular flexibility index (Phi) is 6.62. The highest BCUT2D eigenvalue weighted by atomic mass is 32.2. The number of fused-ring (bicyclic) bond motifs is 1. The van der Waals surface area contributed by atoms with Gasteiger partial charge in [0.15, 0.2) is 5.17 Å². The Balaban J connectivity index is 1.56. The highest BCUT2D eigenvalue weighted by Gasteiger charge is 2.40. The summed E-state index contributed by atoms with van der Waals surface area (Å²) in [6.07, 6.45) is 0. The molecule has 0 atom stereocenters. The SMILES string of the molecule is CCN(CC)c1ccc(N=C2S/C(=C3\Sc4ccccc4N3C)C(=O)N2c2cccc(C)c2)cc1. The summed E-state index contributed by atoms with van der Waals surface area (Å²) in [5.41, 5.74) is 5.06. The number of rotatable bonds is 5. The fourth-order valence-corrected chi connectivity index (χ4v) is 6.66. The Labute approximate surface area is 215 Å². The van der Waals surface area contributed by atoms with Crippen molar-refractivity contribution in [3.63, 3.8) is 0 Å². The first-order chi connectivity index (χ1) is 17.0. The molecule has 2 aliphatic rings. The number of amides is 1. The largest absolute Gasteiger partial charge is 0.372 e. The van der Waals surface area contributed by atoms with Crippen LogP contribution in [0.15, 0.2) is 92.6 Å². The summed E-state index contributed by atoms with van der Waals surface area (Å²) in [5.74, 6) is -0.0405. The number of carbonyl (C=O) groups excluding carboxylic acids is 1. The van der Waals surface area contributed by atoms with E-state index in [1.807, 2.05) is 62.5 Å². The quantitative estimate of drug-likeness (QED) is 0.352. The van der Waals surface area contributed by atoms with Crippen LogP contribution in [0.1, 0.15) is 19.4 Å². The third-order valence-corrected chi connectivity index (χ3v) is 8.57. The maximum absolute atomic E-state index is 13.8. The average molecular weight is 501 g/mol.